The zero-order valence-corrected chi connectivity index (χ0v) is 13.0. The fourth-order valence-electron chi connectivity index (χ4n) is 2.72. The minimum absolute atomic E-state index is 0.0193. The van der Waals surface area contributed by atoms with Gasteiger partial charge in [-0.1, -0.05) is 5.21 Å². The molecule has 1 N–H and O–H groups in total. The van der Waals surface area contributed by atoms with E-state index in [1.807, 2.05) is 20.2 Å². The Labute approximate surface area is 128 Å². The van der Waals surface area contributed by atoms with Gasteiger partial charge in [0.05, 0.1) is 24.1 Å². The number of aryl methyl sites for hydroxylation is 2. The number of aromatic nitrogens is 5. The lowest BCUT2D eigenvalue weighted by atomic mass is 10.2. The maximum atomic E-state index is 12.3. The number of carbonyl (C=O) groups is 1. The summed E-state index contributed by atoms with van der Waals surface area (Å²) in [5.41, 5.74) is 1.12. The largest absolute Gasteiger partial charge is 0.485 e. The van der Waals surface area contributed by atoms with E-state index in [1.54, 1.807) is 22.6 Å². The molecule has 3 rings (SSSR count). The van der Waals surface area contributed by atoms with Crippen LogP contribution < -0.4 is 10.1 Å². The van der Waals surface area contributed by atoms with Crippen LogP contribution >= 0.6 is 0 Å². The Bertz CT molecular complexity index is 677. The molecule has 0 spiro atoms. The van der Waals surface area contributed by atoms with Crippen LogP contribution in [0.25, 0.3) is 0 Å². The third-order valence-corrected chi connectivity index (χ3v) is 4.06. The summed E-state index contributed by atoms with van der Waals surface area (Å²) in [7, 11) is 3.61. The molecule has 8 heteroatoms. The highest BCUT2D eigenvalue weighted by Gasteiger charge is 2.31. The smallest absolute Gasteiger partial charge is 0.274 e. The van der Waals surface area contributed by atoms with Crippen LogP contribution in [0.1, 0.15) is 35.4 Å². The number of nitrogens with one attached hydrogen (secondary N) is 1. The molecule has 2 atom stereocenters. The summed E-state index contributed by atoms with van der Waals surface area (Å²) in [4.78, 5) is 12.3. The van der Waals surface area contributed by atoms with Gasteiger partial charge >= 0.3 is 0 Å². The molecule has 1 aliphatic carbocycles. The van der Waals surface area contributed by atoms with Gasteiger partial charge in [0.2, 0.25) is 0 Å². The molecule has 0 saturated heterocycles. The van der Waals surface area contributed by atoms with E-state index in [1.165, 1.54) is 0 Å². The van der Waals surface area contributed by atoms with E-state index < -0.39 is 0 Å². The van der Waals surface area contributed by atoms with Crippen LogP contribution in [0.4, 0.5) is 0 Å². The summed E-state index contributed by atoms with van der Waals surface area (Å²) in [5.74, 6) is 0.529. The zero-order chi connectivity index (χ0) is 15.7. The van der Waals surface area contributed by atoms with Crippen molar-refractivity contribution in [3.8, 4) is 5.75 Å². The first-order chi connectivity index (χ1) is 10.5. The number of hydrogen-bond donors (Lipinski definition) is 1. The summed E-state index contributed by atoms with van der Waals surface area (Å²) in [6, 6.07) is -0.0193. The van der Waals surface area contributed by atoms with Gasteiger partial charge in [0.1, 0.15) is 6.10 Å². The van der Waals surface area contributed by atoms with E-state index in [0.29, 0.717) is 5.69 Å². The number of hydrogen-bond acceptors (Lipinski definition) is 5. The molecule has 2 aromatic rings. The van der Waals surface area contributed by atoms with E-state index >= 15 is 0 Å². The summed E-state index contributed by atoms with van der Waals surface area (Å²) in [5, 5.41) is 14.9. The molecule has 1 saturated carbocycles. The number of rotatable bonds is 4. The van der Waals surface area contributed by atoms with E-state index in [2.05, 4.69) is 20.7 Å². The average Bonchev–Trinajstić information content (AvgIpc) is 3.16. The van der Waals surface area contributed by atoms with Gasteiger partial charge in [-0.05, 0) is 26.2 Å². The Kier molecular flexibility index (Phi) is 3.82. The van der Waals surface area contributed by atoms with Gasteiger partial charge in [0.25, 0.3) is 5.91 Å². The lowest BCUT2D eigenvalue weighted by Gasteiger charge is -2.21. The van der Waals surface area contributed by atoms with Crippen molar-refractivity contribution in [3.63, 3.8) is 0 Å². The third-order valence-electron chi connectivity index (χ3n) is 4.06. The molecular formula is C14H20N6O2. The predicted molar refractivity (Wildman–Crippen MR) is 78.5 cm³/mol. The first-order valence-corrected chi connectivity index (χ1v) is 7.37. The summed E-state index contributed by atoms with van der Waals surface area (Å²) >= 11 is 0. The van der Waals surface area contributed by atoms with Gasteiger partial charge in [-0.25, -0.2) is 0 Å². The number of ether oxygens (including phenoxy) is 1. The number of amides is 1. The molecule has 0 unspecified atom stereocenters. The fourth-order valence-corrected chi connectivity index (χ4v) is 2.72. The third kappa shape index (κ3) is 2.81. The fraction of sp³-hybridized carbons (Fsp3) is 0.571. The van der Waals surface area contributed by atoms with Crippen LogP contribution in [0, 0.1) is 6.92 Å². The summed E-state index contributed by atoms with van der Waals surface area (Å²) in [6.07, 6.45) is 6.31. The molecule has 1 aliphatic rings. The standard InChI is InChI=1S/C14H20N6O2/c1-9-13(17-18-20(9)3)14(21)16-11-5-4-6-12(11)22-10-7-15-19(2)8-10/h7-8,11-12H,4-6H2,1-3H3,(H,16,21)/t11-,12+/m0/s1. The van der Waals surface area contributed by atoms with E-state index in [-0.39, 0.29) is 18.1 Å². The molecule has 0 bridgehead atoms. The molecule has 1 fully saturated rings. The molecule has 0 aromatic carbocycles. The zero-order valence-electron chi connectivity index (χ0n) is 13.0. The lowest BCUT2D eigenvalue weighted by Crippen LogP contribution is -2.42. The van der Waals surface area contributed by atoms with Gasteiger partial charge < -0.3 is 10.1 Å². The van der Waals surface area contributed by atoms with E-state index in [9.17, 15) is 4.79 Å². The Morgan fingerprint density at radius 1 is 1.41 bits per heavy atom. The normalized spacial score (nSPS) is 21.0. The second-order valence-electron chi connectivity index (χ2n) is 5.66. The van der Waals surface area contributed by atoms with Crippen molar-refractivity contribution in [2.75, 3.05) is 0 Å². The van der Waals surface area contributed by atoms with Gasteiger partial charge in [0.15, 0.2) is 11.4 Å². The molecule has 2 aromatic heterocycles. The van der Waals surface area contributed by atoms with Crippen LogP contribution in [0.5, 0.6) is 5.75 Å². The maximum absolute atomic E-state index is 12.3. The van der Waals surface area contributed by atoms with Crippen LogP contribution in [-0.2, 0) is 14.1 Å². The lowest BCUT2D eigenvalue weighted by molar-refractivity contribution is 0.0888. The van der Waals surface area contributed by atoms with Crippen molar-refractivity contribution in [2.24, 2.45) is 14.1 Å². The Balaban J connectivity index is 1.66. The highest BCUT2D eigenvalue weighted by atomic mass is 16.5. The van der Waals surface area contributed by atoms with Crippen molar-refractivity contribution in [2.45, 2.75) is 38.3 Å². The van der Waals surface area contributed by atoms with Crippen molar-refractivity contribution in [3.05, 3.63) is 23.8 Å². The van der Waals surface area contributed by atoms with Crippen molar-refractivity contribution in [1.29, 1.82) is 0 Å². The molecular weight excluding hydrogens is 284 g/mol. The quantitative estimate of drug-likeness (QED) is 0.893. The van der Waals surface area contributed by atoms with E-state index in [0.717, 1.165) is 30.7 Å². The van der Waals surface area contributed by atoms with Gasteiger partial charge in [0, 0.05) is 14.1 Å². The molecule has 8 nitrogen and oxygen atoms in total. The summed E-state index contributed by atoms with van der Waals surface area (Å²) < 4.78 is 9.23. The maximum Gasteiger partial charge on any atom is 0.274 e. The van der Waals surface area contributed by atoms with Crippen LogP contribution in [0.3, 0.4) is 0 Å². The minimum Gasteiger partial charge on any atom is -0.485 e. The molecule has 0 aliphatic heterocycles. The Hall–Kier alpha value is -2.38. The molecule has 0 radical (unpaired) electrons. The topological polar surface area (TPSA) is 86.9 Å². The van der Waals surface area contributed by atoms with Gasteiger partial charge in [-0.3, -0.25) is 14.2 Å². The minimum atomic E-state index is -0.197. The second kappa shape index (κ2) is 5.78. The Morgan fingerprint density at radius 3 is 2.86 bits per heavy atom. The first-order valence-electron chi connectivity index (χ1n) is 7.37. The van der Waals surface area contributed by atoms with Crippen LogP contribution in [-0.4, -0.2) is 42.8 Å². The number of nitrogens with zero attached hydrogens (tertiary/aromatic N) is 5. The molecule has 22 heavy (non-hydrogen) atoms. The first kappa shape index (κ1) is 14.6. The predicted octanol–water partition coefficient (Wildman–Crippen LogP) is 0.587. The van der Waals surface area contributed by atoms with Crippen LogP contribution in [0.2, 0.25) is 0 Å². The SMILES string of the molecule is Cc1c(C(=O)N[C@H]2CCC[C@H]2Oc2cnn(C)c2)nnn1C. The van der Waals surface area contributed by atoms with Gasteiger partial charge in [-0.15, -0.1) is 5.10 Å². The molecule has 118 valence electrons. The van der Waals surface area contributed by atoms with E-state index in [4.69, 9.17) is 4.74 Å². The van der Waals surface area contributed by atoms with Crippen molar-refractivity contribution in [1.82, 2.24) is 30.1 Å². The van der Waals surface area contributed by atoms with Crippen LogP contribution in [0.15, 0.2) is 12.4 Å². The Morgan fingerprint density at radius 2 is 2.23 bits per heavy atom. The summed E-state index contributed by atoms with van der Waals surface area (Å²) in [6.45, 7) is 1.83. The highest BCUT2D eigenvalue weighted by Crippen LogP contribution is 2.24. The van der Waals surface area contributed by atoms with Crippen molar-refractivity contribution >= 4 is 5.91 Å². The molecule has 1 amide bonds. The highest BCUT2D eigenvalue weighted by molar-refractivity contribution is 5.93. The number of carbonyl (C=O) groups excluding carboxylic acids is 1. The molecule has 2 heterocycles. The second-order valence-corrected chi connectivity index (χ2v) is 5.66. The monoisotopic (exact) mass is 304 g/mol. The van der Waals surface area contributed by atoms with Crippen molar-refractivity contribution < 1.29 is 9.53 Å². The van der Waals surface area contributed by atoms with Gasteiger partial charge in [-0.2, -0.15) is 5.10 Å². The average molecular weight is 304 g/mol.